The molecule has 0 saturated heterocycles. The quantitative estimate of drug-likeness (QED) is 0.180. The van der Waals surface area contributed by atoms with Crippen LogP contribution in [0.3, 0.4) is 0 Å². The molecule has 0 bridgehead atoms. The van der Waals surface area contributed by atoms with Crippen LogP contribution in [0.4, 0.5) is 5.69 Å². The van der Waals surface area contributed by atoms with Crippen molar-refractivity contribution in [3.8, 4) is 5.75 Å². The molecule has 2 amide bonds. The number of benzene rings is 3. The number of anilines is 1. The van der Waals surface area contributed by atoms with Crippen LogP contribution in [-0.2, 0) is 9.59 Å². The van der Waals surface area contributed by atoms with Crippen molar-refractivity contribution in [2.45, 2.75) is 13.8 Å². The lowest BCUT2D eigenvalue weighted by molar-refractivity contribution is -0.136. The molecule has 0 fully saturated rings. The van der Waals surface area contributed by atoms with Crippen LogP contribution in [0.15, 0.2) is 82.4 Å². The maximum absolute atomic E-state index is 12.5. The highest BCUT2D eigenvalue weighted by molar-refractivity contribution is 9.10. The number of ether oxygens (including phenoxy) is 1. The van der Waals surface area contributed by atoms with E-state index in [-0.39, 0.29) is 5.75 Å². The van der Waals surface area contributed by atoms with Gasteiger partial charge in [0.1, 0.15) is 5.75 Å². The van der Waals surface area contributed by atoms with Gasteiger partial charge in [-0.3, -0.25) is 9.59 Å². The highest BCUT2D eigenvalue weighted by Crippen LogP contribution is 2.20. The largest absolute Gasteiger partial charge is 0.422 e. The van der Waals surface area contributed by atoms with Crippen molar-refractivity contribution in [3.05, 3.63) is 94.0 Å². The molecular weight excluding hydrogens is 474 g/mol. The lowest BCUT2D eigenvalue weighted by atomic mass is 10.1. The zero-order chi connectivity index (χ0) is 23.1. The van der Waals surface area contributed by atoms with Crippen LogP contribution < -0.4 is 15.5 Å². The van der Waals surface area contributed by atoms with Gasteiger partial charge in [-0.25, -0.2) is 10.2 Å². The Bertz CT molecular complexity index is 1170. The fourth-order valence-corrected chi connectivity index (χ4v) is 2.93. The number of hydrazone groups is 1. The molecule has 0 atom stereocenters. The van der Waals surface area contributed by atoms with Gasteiger partial charge in [-0.05, 0) is 62.4 Å². The Morgan fingerprint density at radius 1 is 0.875 bits per heavy atom. The summed E-state index contributed by atoms with van der Waals surface area (Å²) in [6.07, 6.45) is 0. The van der Waals surface area contributed by atoms with Crippen LogP contribution in [0.25, 0.3) is 0 Å². The van der Waals surface area contributed by atoms with Gasteiger partial charge in [0, 0.05) is 15.7 Å². The summed E-state index contributed by atoms with van der Waals surface area (Å²) in [5, 5.41) is 6.46. The number of amides is 2. The zero-order valence-electron chi connectivity index (χ0n) is 17.4. The van der Waals surface area contributed by atoms with E-state index >= 15 is 0 Å². The number of esters is 1. The van der Waals surface area contributed by atoms with E-state index in [1.165, 1.54) is 0 Å². The number of nitrogens with zero attached hydrogens (tertiary/aromatic N) is 1. The number of hydrogen-bond acceptors (Lipinski definition) is 5. The van der Waals surface area contributed by atoms with E-state index in [4.69, 9.17) is 4.74 Å². The molecule has 0 aliphatic carbocycles. The molecule has 0 aliphatic rings. The van der Waals surface area contributed by atoms with Gasteiger partial charge in [-0.2, -0.15) is 5.10 Å². The van der Waals surface area contributed by atoms with E-state index in [0.717, 1.165) is 10.0 Å². The third kappa shape index (κ3) is 6.12. The van der Waals surface area contributed by atoms with Crippen LogP contribution in [0, 0.1) is 6.92 Å². The van der Waals surface area contributed by atoms with Gasteiger partial charge >= 0.3 is 17.8 Å². The topological polar surface area (TPSA) is 96.9 Å². The Hall–Kier alpha value is -3.78. The Kier molecular flexibility index (Phi) is 7.51. The number of carbonyl (C=O) groups excluding carboxylic acids is 3. The van der Waals surface area contributed by atoms with Gasteiger partial charge in [0.05, 0.1) is 11.3 Å². The molecule has 162 valence electrons. The Morgan fingerprint density at radius 2 is 1.53 bits per heavy atom. The van der Waals surface area contributed by atoms with Crippen LogP contribution >= 0.6 is 15.9 Å². The highest BCUT2D eigenvalue weighted by atomic mass is 79.9. The molecule has 0 aromatic heterocycles. The number of halogens is 1. The molecule has 2 N–H and O–H groups in total. The highest BCUT2D eigenvalue weighted by Gasteiger charge is 2.15. The van der Waals surface area contributed by atoms with Crippen molar-refractivity contribution >= 4 is 45.1 Å². The normalized spacial score (nSPS) is 10.9. The first-order chi connectivity index (χ1) is 15.3. The molecule has 3 rings (SSSR count). The molecule has 32 heavy (non-hydrogen) atoms. The lowest BCUT2D eigenvalue weighted by Gasteiger charge is -2.10. The molecule has 0 spiro atoms. The summed E-state index contributed by atoms with van der Waals surface area (Å²) >= 11 is 3.30. The van der Waals surface area contributed by atoms with Crippen molar-refractivity contribution < 1.29 is 19.1 Å². The van der Waals surface area contributed by atoms with Crippen molar-refractivity contribution in [1.82, 2.24) is 5.43 Å². The third-order valence-corrected chi connectivity index (χ3v) is 4.93. The van der Waals surface area contributed by atoms with Gasteiger partial charge in [0.15, 0.2) is 0 Å². The number of carbonyl (C=O) groups is 3. The number of nitrogens with one attached hydrogen (secondary N) is 2. The average molecular weight is 494 g/mol. The van der Waals surface area contributed by atoms with Crippen LogP contribution in [-0.4, -0.2) is 23.5 Å². The van der Waals surface area contributed by atoms with E-state index in [1.54, 1.807) is 67.6 Å². The van der Waals surface area contributed by atoms with Crippen LogP contribution in [0.5, 0.6) is 5.75 Å². The second-order valence-electron chi connectivity index (χ2n) is 6.85. The van der Waals surface area contributed by atoms with E-state index in [2.05, 4.69) is 31.8 Å². The van der Waals surface area contributed by atoms with Gasteiger partial charge < -0.3 is 10.1 Å². The standard InChI is InChI=1S/C24H20BrN3O4/c1-15-7-9-17(10-8-15)24(31)32-21-6-4-3-5-20(21)16(2)27-28-23(30)22(29)26-19-13-11-18(25)12-14-19/h3-14H,1-2H3,(H,26,29)(H,28,30)/b27-16+. The van der Waals surface area contributed by atoms with E-state index in [1.807, 2.05) is 19.1 Å². The van der Waals surface area contributed by atoms with Crippen LogP contribution in [0.2, 0.25) is 0 Å². The summed E-state index contributed by atoms with van der Waals surface area (Å²) in [5.74, 6) is -2.01. The van der Waals surface area contributed by atoms with Gasteiger partial charge in [-0.15, -0.1) is 0 Å². The predicted molar refractivity (Wildman–Crippen MR) is 126 cm³/mol. The minimum Gasteiger partial charge on any atom is -0.422 e. The summed E-state index contributed by atoms with van der Waals surface area (Å²) in [6.45, 7) is 3.56. The second kappa shape index (κ2) is 10.5. The van der Waals surface area contributed by atoms with E-state index < -0.39 is 17.8 Å². The fraction of sp³-hybridized carbons (Fsp3) is 0.0833. The average Bonchev–Trinajstić information content (AvgIpc) is 2.79. The Morgan fingerprint density at radius 3 is 2.22 bits per heavy atom. The molecule has 0 aliphatic heterocycles. The van der Waals surface area contributed by atoms with E-state index in [0.29, 0.717) is 22.5 Å². The van der Waals surface area contributed by atoms with Gasteiger partial charge in [0.2, 0.25) is 0 Å². The number of aryl methyl sites for hydroxylation is 1. The van der Waals surface area contributed by atoms with Crippen molar-refractivity contribution in [2.75, 3.05) is 5.32 Å². The fourth-order valence-electron chi connectivity index (χ4n) is 2.67. The first kappa shape index (κ1) is 22.9. The molecular formula is C24H20BrN3O4. The SMILES string of the molecule is C/C(=N\NC(=O)C(=O)Nc1ccc(Br)cc1)c1ccccc1OC(=O)c1ccc(C)cc1. The molecule has 3 aromatic rings. The summed E-state index contributed by atoms with van der Waals surface area (Å²) in [6, 6.07) is 20.6. The molecule has 8 heteroatoms. The molecule has 3 aromatic carbocycles. The van der Waals surface area contributed by atoms with Crippen molar-refractivity contribution in [2.24, 2.45) is 5.10 Å². The number of para-hydroxylation sites is 1. The molecule has 0 radical (unpaired) electrons. The maximum Gasteiger partial charge on any atom is 0.343 e. The predicted octanol–water partition coefficient (Wildman–Crippen LogP) is 4.46. The Balaban J connectivity index is 1.67. The maximum atomic E-state index is 12.5. The summed E-state index contributed by atoms with van der Waals surface area (Å²) in [7, 11) is 0. The lowest BCUT2D eigenvalue weighted by Crippen LogP contribution is -2.33. The van der Waals surface area contributed by atoms with Gasteiger partial charge in [-0.1, -0.05) is 45.8 Å². The third-order valence-electron chi connectivity index (χ3n) is 4.40. The number of rotatable bonds is 5. The van der Waals surface area contributed by atoms with Gasteiger partial charge in [0.25, 0.3) is 0 Å². The molecule has 0 unspecified atom stereocenters. The first-order valence-corrected chi connectivity index (χ1v) is 10.4. The second-order valence-corrected chi connectivity index (χ2v) is 7.77. The minimum absolute atomic E-state index is 0.285. The minimum atomic E-state index is -0.929. The summed E-state index contributed by atoms with van der Waals surface area (Å²) in [5.41, 5.74) is 5.00. The van der Waals surface area contributed by atoms with E-state index in [9.17, 15) is 14.4 Å². The smallest absolute Gasteiger partial charge is 0.343 e. The molecule has 0 heterocycles. The zero-order valence-corrected chi connectivity index (χ0v) is 19.0. The summed E-state index contributed by atoms with van der Waals surface area (Å²) in [4.78, 5) is 36.6. The van der Waals surface area contributed by atoms with Crippen molar-refractivity contribution in [3.63, 3.8) is 0 Å². The first-order valence-electron chi connectivity index (χ1n) is 9.63. The number of hydrogen-bond donors (Lipinski definition) is 2. The van der Waals surface area contributed by atoms with Crippen molar-refractivity contribution in [1.29, 1.82) is 0 Å². The summed E-state index contributed by atoms with van der Waals surface area (Å²) < 4.78 is 6.37. The Labute approximate surface area is 193 Å². The molecule has 7 nitrogen and oxygen atoms in total. The molecule has 0 saturated carbocycles. The van der Waals surface area contributed by atoms with Crippen LogP contribution in [0.1, 0.15) is 28.4 Å². The monoisotopic (exact) mass is 493 g/mol.